The standard InChI is InChI=1S/C9H18N2O/c1-8(10)5-7-11-6-3-2-4-9(11)12/h8H,2-7,10H2,1H3. The van der Waals surface area contributed by atoms with Gasteiger partial charge in [0.1, 0.15) is 0 Å². The van der Waals surface area contributed by atoms with Crippen LogP contribution in [0, 0.1) is 0 Å². The highest BCUT2D eigenvalue weighted by Crippen LogP contribution is 2.10. The van der Waals surface area contributed by atoms with Gasteiger partial charge in [0.05, 0.1) is 0 Å². The Kier molecular flexibility index (Phi) is 3.53. The Bertz CT molecular complexity index is 157. The SMILES string of the molecule is CC(N)CCN1CCCCC1=O. The van der Waals surface area contributed by atoms with E-state index in [0.717, 1.165) is 38.8 Å². The first-order valence-electron chi connectivity index (χ1n) is 4.73. The second-order valence-corrected chi connectivity index (χ2v) is 3.60. The van der Waals surface area contributed by atoms with Crippen molar-refractivity contribution in [1.29, 1.82) is 0 Å². The average Bonchev–Trinajstić information content (AvgIpc) is 2.03. The summed E-state index contributed by atoms with van der Waals surface area (Å²) in [7, 11) is 0. The number of amides is 1. The minimum Gasteiger partial charge on any atom is -0.343 e. The summed E-state index contributed by atoms with van der Waals surface area (Å²) in [6.07, 6.45) is 3.88. The van der Waals surface area contributed by atoms with Gasteiger partial charge in [-0.3, -0.25) is 4.79 Å². The van der Waals surface area contributed by atoms with Gasteiger partial charge in [0.25, 0.3) is 0 Å². The van der Waals surface area contributed by atoms with Crippen molar-refractivity contribution in [2.24, 2.45) is 5.73 Å². The van der Waals surface area contributed by atoms with Gasteiger partial charge in [0.2, 0.25) is 5.91 Å². The van der Waals surface area contributed by atoms with Crippen LogP contribution in [0.5, 0.6) is 0 Å². The molecule has 0 bridgehead atoms. The molecule has 3 heteroatoms. The average molecular weight is 170 g/mol. The third kappa shape index (κ3) is 2.81. The number of nitrogens with zero attached hydrogens (tertiary/aromatic N) is 1. The van der Waals surface area contributed by atoms with E-state index in [1.807, 2.05) is 11.8 Å². The number of piperidine rings is 1. The molecule has 12 heavy (non-hydrogen) atoms. The minimum atomic E-state index is 0.208. The van der Waals surface area contributed by atoms with Crippen LogP contribution in [0.2, 0.25) is 0 Å². The predicted molar refractivity (Wildman–Crippen MR) is 48.7 cm³/mol. The molecule has 0 aromatic carbocycles. The van der Waals surface area contributed by atoms with Gasteiger partial charge in [-0.05, 0) is 26.2 Å². The van der Waals surface area contributed by atoms with Crippen molar-refractivity contribution < 1.29 is 4.79 Å². The third-order valence-corrected chi connectivity index (χ3v) is 2.28. The molecule has 3 nitrogen and oxygen atoms in total. The van der Waals surface area contributed by atoms with E-state index in [1.165, 1.54) is 0 Å². The fourth-order valence-corrected chi connectivity index (χ4v) is 1.46. The summed E-state index contributed by atoms with van der Waals surface area (Å²) in [6, 6.07) is 0.208. The van der Waals surface area contributed by atoms with E-state index >= 15 is 0 Å². The molecule has 1 amide bonds. The molecule has 0 spiro atoms. The van der Waals surface area contributed by atoms with Gasteiger partial charge >= 0.3 is 0 Å². The summed E-state index contributed by atoms with van der Waals surface area (Å²) in [6.45, 7) is 3.76. The number of carbonyl (C=O) groups excluding carboxylic acids is 1. The van der Waals surface area contributed by atoms with Gasteiger partial charge in [-0.25, -0.2) is 0 Å². The molecule has 0 saturated carbocycles. The Morgan fingerprint density at radius 1 is 1.58 bits per heavy atom. The Labute approximate surface area is 73.9 Å². The van der Waals surface area contributed by atoms with E-state index < -0.39 is 0 Å². The van der Waals surface area contributed by atoms with Crippen LogP contribution in [0.4, 0.5) is 0 Å². The molecule has 0 aromatic rings. The Hall–Kier alpha value is -0.570. The van der Waals surface area contributed by atoms with Gasteiger partial charge in [-0.2, -0.15) is 0 Å². The molecule has 70 valence electrons. The summed E-state index contributed by atoms with van der Waals surface area (Å²) in [4.78, 5) is 13.2. The van der Waals surface area contributed by atoms with Crippen molar-refractivity contribution in [2.75, 3.05) is 13.1 Å². The number of carbonyl (C=O) groups is 1. The van der Waals surface area contributed by atoms with Crippen LogP contribution in [0.15, 0.2) is 0 Å². The van der Waals surface area contributed by atoms with Crippen LogP contribution < -0.4 is 5.73 Å². The van der Waals surface area contributed by atoms with Crippen molar-refractivity contribution in [2.45, 2.75) is 38.6 Å². The maximum absolute atomic E-state index is 11.3. The van der Waals surface area contributed by atoms with Crippen molar-refractivity contribution in [3.63, 3.8) is 0 Å². The Balaban J connectivity index is 2.25. The normalized spacial score (nSPS) is 21.2. The molecule has 1 aliphatic heterocycles. The topological polar surface area (TPSA) is 46.3 Å². The summed E-state index contributed by atoms with van der Waals surface area (Å²) < 4.78 is 0. The van der Waals surface area contributed by atoms with Crippen molar-refractivity contribution in [1.82, 2.24) is 4.90 Å². The second kappa shape index (κ2) is 4.45. The molecule has 2 N–H and O–H groups in total. The third-order valence-electron chi connectivity index (χ3n) is 2.28. The molecule has 1 saturated heterocycles. The van der Waals surface area contributed by atoms with Crippen LogP contribution in [0.25, 0.3) is 0 Å². The van der Waals surface area contributed by atoms with E-state index in [4.69, 9.17) is 5.73 Å². The van der Waals surface area contributed by atoms with Crippen LogP contribution in [-0.4, -0.2) is 29.9 Å². The highest BCUT2D eigenvalue weighted by molar-refractivity contribution is 5.76. The highest BCUT2D eigenvalue weighted by Gasteiger charge is 2.17. The summed E-state index contributed by atoms with van der Waals surface area (Å²) in [5.74, 6) is 0.307. The van der Waals surface area contributed by atoms with E-state index in [-0.39, 0.29) is 6.04 Å². The van der Waals surface area contributed by atoms with Gasteiger partial charge in [-0.1, -0.05) is 0 Å². The lowest BCUT2D eigenvalue weighted by Gasteiger charge is -2.27. The smallest absolute Gasteiger partial charge is 0.222 e. The van der Waals surface area contributed by atoms with Crippen molar-refractivity contribution >= 4 is 5.91 Å². The van der Waals surface area contributed by atoms with E-state index in [2.05, 4.69) is 0 Å². The molecule has 1 atom stereocenters. The van der Waals surface area contributed by atoms with Crippen LogP contribution in [0.3, 0.4) is 0 Å². The zero-order valence-electron chi connectivity index (χ0n) is 7.75. The molecule has 1 rings (SSSR count). The van der Waals surface area contributed by atoms with Crippen molar-refractivity contribution in [3.05, 3.63) is 0 Å². The van der Waals surface area contributed by atoms with E-state index in [1.54, 1.807) is 0 Å². The first-order valence-corrected chi connectivity index (χ1v) is 4.73. The van der Waals surface area contributed by atoms with Crippen molar-refractivity contribution in [3.8, 4) is 0 Å². The molecule has 0 radical (unpaired) electrons. The zero-order chi connectivity index (χ0) is 8.97. The lowest BCUT2D eigenvalue weighted by Crippen LogP contribution is -2.37. The zero-order valence-corrected chi connectivity index (χ0v) is 7.75. The summed E-state index contributed by atoms with van der Waals surface area (Å²) in [5, 5.41) is 0. The lowest BCUT2D eigenvalue weighted by molar-refractivity contribution is -0.133. The number of likely N-dealkylation sites (tertiary alicyclic amines) is 1. The largest absolute Gasteiger partial charge is 0.343 e. The molecular formula is C9H18N2O. The summed E-state index contributed by atoms with van der Waals surface area (Å²) >= 11 is 0. The Morgan fingerprint density at radius 3 is 2.92 bits per heavy atom. The predicted octanol–water partition coefficient (Wildman–Crippen LogP) is 0.736. The maximum Gasteiger partial charge on any atom is 0.222 e. The first-order chi connectivity index (χ1) is 5.70. The number of hydrogen-bond acceptors (Lipinski definition) is 2. The van der Waals surface area contributed by atoms with Gasteiger partial charge in [-0.15, -0.1) is 0 Å². The first kappa shape index (κ1) is 9.52. The molecule has 0 aromatic heterocycles. The Morgan fingerprint density at radius 2 is 2.33 bits per heavy atom. The monoisotopic (exact) mass is 170 g/mol. The maximum atomic E-state index is 11.3. The van der Waals surface area contributed by atoms with E-state index in [0.29, 0.717) is 5.91 Å². The van der Waals surface area contributed by atoms with Gasteiger partial charge < -0.3 is 10.6 Å². The van der Waals surface area contributed by atoms with Crippen LogP contribution >= 0.6 is 0 Å². The summed E-state index contributed by atoms with van der Waals surface area (Å²) in [5.41, 5.74) is 5.62. The number of rotatable bonds is 3. The molecule has 1 fully saturated rings. The number of hydrogen-bond donors (Lipinski definition) is 1. The highest BCUT2D eigenvalue weighted by atomic mass is 16.2. The minimum absolute atomic E-state index is 0.208. The molecule has 1 aliphatic rings. The van der Waals surface area contributed by atoms with Crippen LogP contribution in [-0.2, 0) is 4.79 Å². The second-order valence-electron chi connectivity index (χ2n) is 3.60. The van der Waals surface area contributed by atoms with Crippen LogP contribution in [0.1, 0.15) is 32.6 Å². The van der Waals surface area contributed by atoms with Gasteiger partial charge in [0.15, 0.2) is 0 Å². The molecule has 1 heterocycles. The molecular weight excluding hydrogens is 152 g/mol. The van der Waals surface area contributed by atoms with E-state index in [9.17, 15) is 4.79 Å². The number of nitrogens with two attached hydrogens (primary N) is 1. The quantitative estimate of drug-likeness (QED) is 0.679. The molecule has 1 unspecified atom stereocenters. The fourth-order valence-electron chi connectivity index (χ4n) is 1.46. The fraction of sp³-hybridized carbons (Fsp3) is 0.889. The van der Waals surface area contributed by atoms with Gasteiger partial charge in [0, 0.05) is 25.6 Å². The molecule has 0 aliphatic carbocycles. The lowest BCUT2D eigenvalue weighted by atomic mass is 10.1.